The summed E-state index contributed by atoms with van der Waals surface area (Å²) in [6, 6.07) is 52.7. The number of thiophene rings is 4. The number of ether oxygens (including phenoxy) is 5. The summed E-state index contributed by atoms with van der Waals surface area (Å²) < 4.78 is 27.0. The third-order valence-electron chi connectivity index (χ3n) is 24.6. The molecule has 0 radical (unpaired) electrons. The molecule has 3 saturated heterocycles. The molecule has 0 spiro atoms. The number of amides is 11. The maximum atomic E-state index is 13.6. The van der Waals surface area contributed by atoms with Crippen LogP contribution in [0.15, 0.2) is 181 Å². The number of esters is 1. The maximum Gasteiger partial charge on any atom is 0.350 e. The van der Waals surface area contributed by atoms with Crippen molar-refractivity contribution in [2.75, 3.05) is 136 Å². The monoisotopic (exact) mass is 2090 g/mol. The van der Waals surface area contributed by atoms with Crippen LogP contribution in [-0.4, -0.2) is 162 Å². The number of halogens is 4. The highest BCUT2D eigenvalue weighted by atomic mass is 35.5. The fourth-order valence-electron chi connectivity index (χ4n) is 17.9. The highest BCUT2D eigenvalue weighted by Crippen LogP contribution is 2.56. The molecule has 11 amide bonds. The molecular weight excluding hydrogens is 2020 g/mol. The van der Waals surface area contributed by atoms with Crippen LogP contribution in [0.4, 0.5) is 104 Å². The van der Waals surface area contributed by atoms with Crippen molar-refractivity contribution in [2.24, 2.45) is 0 Å². The quantitative estimate of drug-likeness (QED) is 0.0370. The number of carbonyl (C=O) groups excluding carboxylic acids is 8. The number of hydrogen-bond acceptors (Lipinski definition) is 28. The van der Waals surface area contributed by atoms with Gasteiger partial charge in [0.15, 0.2) is 11.5 Å². The van der Waals surface area contributed by atoms with Crippen molar-refractivity contribution in [1.82, 2.24) is 34.6 Å². The number of aromatic nitrogens is 4. The molecule has 15 aromatic rings. The number of pyridine rings is 4. The summed E-state index contributed by atoms with van der Waals surface area (Å²) in [4.78, 5) is 149. The lowest BCUT2D eigenvalue weighted by atomic mass is 10.1. The molecule has 0 atom stereocenters. The molecule has 0 aliphatic carbocycles. The van der Waals surface area contributed by atoms with Gasteiger partial charge in [-0.15, -0.1) is 45.3 Å². The number of nitriles is 4. The highest BCUT2D eigenvalue weighted by molar-refractivity contribution is 7.23. The number of benzene rings is 7. The zero-order chi connectivity index (χ0) is 101. The third kappa shape index (κ3) is 19.0. The lowest BCUT2D eigenvalue weighted by Gasteiger charge is -2.30. The first-order chi connectivity index (χ1) is 70.5. The van der Waals surface area contributed by atoms with E-state index in [9.17, 15) is 64.2 Å². The van der Waals surface area contributed by atoms with Gasteiger partial charge in [-0.3, -0.25) is 53.5 Å². The van der Waals surface area contributed by atoms with Gasteiger partial charge in [0.25, 0.3) is 23.3 Å². The van der Waals surface area contributed by atoms with Crippen molar-refractivity contribution in [1.29, 1.82) is 21.0 Å². The Bertz CT molecular complexity index is 7860. The SMILES string of the molecule is CCOC(=O)c1sc2[nH]c(=O)c(C#N)c3c2c1NC(=O)N3c1ccccc1Cl.N#Cc1cnc2sc(C(=O)Nc3ccc(CN4CCCCC4)cc3)c3c2c1N(c1ccccc1Cl)C(=O)N3.N#Cc1cnc2sc(C(=O)Nc3ccc(CN4CCOCC4)cc3)c3c2c1N(c1c(Cl)ccc2c1OCO2)C(=O)N3.N#Cc1cnc2sc(C(=O)Nc3ccc(CN4CCOCC4)cc3)c3c2c1N(c1ccccc1Cl)C(=O)N3. The first-order valence-corrected chi connectivity index (χ1v) is 50.0. The van der Waals surface area contributed by atoms with E-state index < -0.39 is 41.6 Å². The molecule has 3 fully saturated rings. The number of carbonyl (C=O) groups is 8. The Labute approximate surface area is 859 Å². The van der Waals surface area contributed by atoms with Crippen LogP contribution in [-0.2, 0) is 33.8 Å². The average molecular weight is 2090 g/mol. The number of urea groups is 4. The lowest BCUT2D eigenvalue weighted by molar-refractivity contribution is 0.0341. The Morgan fingerprint density at radius 3 is 1.17 bits per heavy atom. The van der Waals surface area contributed by atoms with Gasteiger partial charge in [-0.05, 0) is 134 Å². The van der Waals surface area contributed by atoms with E-state index in [1.54, 1.807) is 91.9 Å². The summed E-state index contributed by atoms with van der Waals surface area (Å²) >= 11 is 30.0. The Morgan fingerprint density at radius 2 is 0.786 bits per heavy atom. The summed E-state index contributed by atoms with van der Waals surface area (Å²) in [5.41, 5.74) is 8.66. The van der Waals surface area contributed by atoms with Crippen LogP contribution >= 0.6 is 91.8 Å². The lowest BCUT2D eigenvalue weighted by Crippen LogP contribution is -2.36. The predicted molar refractivity (Wildman–Crippen MR) is 557 cm³/mol. The smallest absolute Gasteiger partial charge is 0.350 e. The van der Waals surface area contributed by atoms with Crippen molar-refractivity contribution in [2.45, 2.75) is 45.8 Å². The maximum absolute atomic E-state index is 13.6. The molecule has 16 heterocycles. The van der Waals surface area contributed by atoms with Crippen molar-refractivity contribution >= 4 is 266 Å². The van der Waals surface area contributed by atoms with Gasteiger partial charge in [0.05, 0.1) is 154 Å². The van der Waals surface area contributed by atoms with Crippen LogP contribution in [0.5, 0.6) is 11.5 Å². The number of nitrogens with one attached hydrogen (secondary N) is 8. The minimum Gasteiger partial charge on any atom is -0.462 e. The number of rotatable bonds is 18. The van der Waals surface area contributed by atoms with Crippen molar-refractivity contribution in [3.63, 3.8) is 0 Å². The van der Waals surface area contributed by atoms with Crippen LogP contribution in [0.2, 0.25) is 20.1 Å². The molecule has 0 bridgehead atoms. The minimum absolute atomic E-state index is 0.0305. The second kappa shape index (κ2) is 41.7. The van der Waals surface area contributed by atoms with Crippen LogP contribution in [0.3, 0.4) is 0 Å². The topological polar surface area (TPSA) is 456 Å². The largest absolute Gasteiger partial charge is 0.462 e. The highest BCUT2D eigenvalue weighted by Gasteiger charge is 2.43. The zero-order valence-corrected chi connectivity index (χ0v) is 82.4. The number of piperidine rings is 1. The molecule has 8 aliphatic rings. The van der Waals surface area contributed by atoms with Crippen LogP contribution in [0, 0.1) is 45.3 Å². The van der Waals surface area contributed by atoms with E-state index >= 15 is 0 Å². The number of anilines is 15. The number of hydrogen-bond donors (Lipinski definition) is 8. The predicted octanol–water partition coefficient (Wildman–Crippen LogP) is 21.6. The fraction of sp³-hybridized carbons (Fsp3) is 0.188. The molecule has 8 aliphatic heterocycles. The van der Waals surface area contributed by atoms with E-state index in [0.717, 1.165) is 130 Å². The number of aromatic amines is 1. The summed E-state index contributed by atoms with van der Waals surface area (Å²) in [5, 5.41) is 62.2. The molecule has 0 saturated carbocycles. The first kappa shape index (κ1) is 96.7. The Balaban J connectivity index is 0.000000119. The van der Waals surface area contributed by atoms with Crippen LogP contribution < -0.4 is 71.9 Å². The van der Waals surface area contributed by atoms with Gasteiger partial charge in [0.2, 0.25) is 6.79 Å². The van der Waals surface area contributed by atoms with Gasteiger partial charge in [-0.1, -0.05) is 126 Å². The molecule has 44 heteroatoms. The molecular formula is C101H76Cl4N22O14S4. The Hall–Kier alpha value is -15.7. The molecule has 0 unspecified atom stereocenters. The number of morpholine rings is 2. The number of likely N-dealkylation sites (tertiary alicyclic amines) is 1. The van der Waals surface area contributed by atoms with Crippen molar-refractivity contribution in [3.05, 3.63) is 265 Å². The molecule has 23 rings (SSSR count). The third-order valence-corrected chi connectivity index (χ3v) is 30.2. The first-order valence-electron chi connectivity index (χ1n) is 45.2. The Kier molecular flexibility index (Phi) is 27.8. The molecule has 8 aromatic heterocycles. The van der Waals surface area contributed by atoms with Gasteiger partial charge in [-0.25, -0.2) is 38.9 Å². The Morgan fingerprint density at radius 1 is 0.414 bits per heavy atom. The summed E-state index contributed by atoms with van der Waals surface area (Å²) in [5.74, 6) is -1.06. The van der Waals surface area contributed by atoms with Gasteiger partial charge in [0.1, 0.15) is 74.4 Å². The summed E-state index contributed by atoms with van der Waals surface area (Å²) in [6.45, 7) is 13.1. The number of nitrogens with zero attached hydrogens (tertiary/aromatic N) is 14. The van der Waals surface area contributed by atoms with E-state index in [1.165, 1.54) is 74.4 Å². The summed E-state index contributed by atoms with van der Waals surface area (Å²) in [6.07, 6.45) is 8.00. The van der Waals surface area contributed by atoms with E-state index in [1.807, 2.05) is 78.9 Å². The van der Waals surface area contributed by atoms with Crippen molar-refractivity contribution in [3.8, 4) is 35.8 Å². The van der Waals surface area contributed by atoms with Crippen molar-refractivity contribution < 1.29 is 62.0 Å². The van der Waals surface area contributed by atoms with Gasteiger partial charge < -0.3 is 65.9 Å². The number of H-pyrrole nitrogens is 1. The minimum atomic E-state index is -0.667. The van der Waals surface area contributed by atoms with Gasteiger partial charge in [-0.2, -0.15) is 21.0 Å². The van der Waals surface area contributed by atoms with Crippen LogP contribution in [0.1, 0.15) is 104 Å². The second-order valence-corrected chi connectivity index (χ2v) is 39.1. The normalized spacial score (nSPS) is 15.0. The van der Waals surface area contributed by atoms with E-state index in [2.05, 4.69) is 90.1 Å². The number of fused-ring (bicyclic) bond motifs is 1. The molecule has 8 N–H and O–H groups in total. The van der Waals surface area contributed by atoms with Crippen LogP contribution in [0.25, 0.3) is 40.9 Å². The van der Waals surface area contributed by atoms with E-state index in [4.69, 9.17) is 70.1 Å². The van der Waals surface area contributed by atoms with E-state index in [-0.39, 0.29) is 101 Å². The number of para-hydroxylation sites is 3. The summed E-state index contributed by atoms with van der Waals surface area (Å²) in [7, 11) is 0. The fourth-order valence-corrected chi connectivity index (χ4v) is 22.8. The average Bonchev–Trinajstić information content (AvgIpc) is 1.65. The molecule has 726 valence electrons. The zero-order valence-electron chi connectivity index (χ0n) is 76.1. The van der Waals surface area contributed by atoms with E-state index in [0.29, 0.717) is 123 Å². The molecule has 7 aromatic carbocycles. The standard InChI is InChI=1S/C28H21ClN6O5S.C28H23ClN6O2S.C27H21ClN6O3S.C18H11ClN4O4S/c29-18-5-6-19-24(40-14-39-19)23(18)35-22-16(11-30)12-31-27-20(22)21(33-28(35)37)25(41-27)26(36)32-17-3-1-15(2-4-17)13-34-7-9-38-10-8-34;29-20-6-2-3-7-21(20)35-24-18(14-30)15-31-27-22(24)23(33-28(35)37)25(38-27)26(36)32-19-10-8-17(9-11-19)16-34-12-4-1-5-13-34;28-19-3-1-2-4-20(19)34-23-17(13-29)14-30-26-21(23)22(32-27(34)36)24(38-26)25(35)31-18-7-5-16(6-8-18)15-33-9-11-37-12-10-33;1-2-27-17(25)14-12-11-13(8(7-20)15(24)22-16(11)28-14)23(18(26)21-12)10-6-4-3-5-9(10)19/h1-6,12H,7-10,13-14H2,(H,32,36)(H,33,37);2-3,6-11,15H,1,4-5,12-13,16H2,(H,32,36)(H,33,37);1-8,14H,9-12,15H2,(H,31,35)(H,32,36);3-6H,2H2,1H3,(H,21,26)(H,22,24). The van der Waals surface area contributed by atoms with Gasteiger partial charge in [0, 0.05) is 81.5 Å². The molecule has 145 heavy (non-hydrogen) atoms. The van der Waals surface area contributed by atoms with Gasteiger partial charge >= 0.3 is 30.1 Å². The second-order valence-electron chi connectivity index (χ2n) is 33.5. The molecule has 36 nitrogen and oxygen atoms in total.